The predicted octanol–water partition coefficient (Wildman–Crippen LogP) is -2.05. The van der Waals surface area contributed by atoms with Crippen LogP contribution in [0.15, 0.2) is 41.1 Å². The van der Waals surface area contributed by atoms with Crippen LogP contribution in [0.3, 0.4) is 0 Å². The van der Waals surface area contributed by atoms with Crippen LogP contribution < -0.4 is 24.8 Å². The van der Waals surface area contributed by atoms with Gasteiger partial charge in [0.1, 0.15) is 0 Å². The molecule has 23 heavy (non-hydrogen) atoms. The van der Waals surface area contributed by atoms with Crippen LogP contribution in [-0.4, -0.2) is 19.8 Å². The second-order valence-corrected chi connectivity index (χ2v) is 12.5. The molecule has 0 fully saturated rings. The van der Waals surface area contributed by atoms with E-state index in [-0.39, 0.29) is 31.4 Å². The van der Waals surface area contributed by atoms with Crippen molar-refractivity contribution in [3.63, 3.8) is 0 Å². The number of aliphatic hydroxyl groups is 1. The third-order valence-electron chi connectivity index (χ3n) is 5.14. The van der Waals surface area contributed by atoms with Gasteiger partial charge >= 0.3 is 143 Å². The van der Waals surface area contributed by atoms with Gasteiger partial charge in [-0.1, -0.05) is 0 Å². The number of hydrogen-bond donors (Lipinski definition) is 1. The van der Waals surface area contributed by atoms with Crippen molar-refractivity contribution in [3.8, 4) is 0 Å². The third-order valence-corrected chi connectivity index (χ3v) is 10.7. The van der Waals surface area contributed by atoms with E-state index < -0.39 is 8.07 Å². The quantitative estimate of drug-likeness (QED) is 0.536. The zero-order valence-corrected chi connectivity index (χ0v) is 18.3. The molecule has 0 saturated carbocycles. The molecule has 0 amide bonds. The molecule has 0 bridgehead atoms. The zero-order valence-electron chi connectivity index (χ0n) is 13.3. The van der Waals surface area contributed by atoms with Gasteiger partial charge in [-0.2, -0.15) is 0 Å². The van der Waals surface area contributed by atoms with E-state index in [1.807, 2.05) is 5.20 Å². The Kier molecular flexibility index (Phi) is 5.71. The number of hydrogen-bond acceptors (Lipinski definition) is 1. The number of benzene rings is 1. The zero-order chi connectivity index (χ0) is 14.8. The first-order chi connectivity index (χ1) is 10.1. The van der Waals surface area contributed by atoms with Gasteiger partial charge in [-0.05, 0) is 0 Å². The first-order valence-electron chi connectivity index (χ1n) is 7.66. The van der Waals surface area contributed by atoms with Gasteiger partial charge in [0.15, 0.2) is 0 Å². The summed E-state index contributed by atoms with van der Waals surface area (Å²) in [5.41, 5.74) is 7.38. The van der Waals surface area contributed by atoms with Crippen molar-refractivity contribution in [2.75, 3.05) is 6.61 Å². The minimum Gasteiger partial charge on any atom is -1.00 e. The summed E-state index contributed by atoms with van der Waals surface area (Å²) in [6.07, 6.45) is 6.39. The Hall–Kier alpha value is 0.0800. The maximum absolute atomic E-state index is 9.12. The van der Waals surface area contributed by atoms with Crippen LogP contribution in [0.25, 0.3) is 10.8 Å². The van der Waals surface area contributed by atoms with Gasteiger partial charge in [-0.25, -0.2) is 0 Å². The number of rotatable bonds is 3. The van der Waals surface area contributed by atoms with Gasteiger partial charge in [0, 0.05) is 0 Å². The predicted molar refractivity (Wildman–Crippen MR) is 86.0 cm³/mol. The van der Waals surface area contributed by atoms with Crippen molar-refractivity contribution < 1.29 is 54.6 Å². The average molecular weight is 442 g/mol. The van der Waals surface area contributed by atoms with Crippen molar-refractivity contribution in [1.82, 2.24) is 0 Å². The van der Waals surface area contributed by atoms with E-state index in [1.165, 1.54) is 16.7 Å². The second-order valence-electron chi connectivity index (χ2n) is 6.74. The molecule has 0 radical (unpaired) electrons. The number of allylic oxidation sites excluding steroid dienone is 4. The molecule has 1 nitrogen and oxygen atoms in total. The number of fused-ring (bicyclic) bond motifs is 2. The van der Waals surface area contributed by atoms with Gasteiger partial charge in [-0.15, -0.1) is 0 Å². The van der Waals surface area contributed by atoms with Crippen LogP contribution in [0.4, 0.5) is 0 Å². The molecular formula is C18H19Cl2OSiZr. The molecule has 1 unspecified atom stereocenters. The van der Waals surface area contributed by atoms with Crippen LogP contribution in [-0.2, 0) is 24.7 Å². The summed E-state index contributed by atoms with van der Waals surface area (Å²) >= 11 is 1.65. The van der Waals surface area contributed by atoms with Gasteiger partial charge < -0.3 is 24.8 Å². The molecule has 119 valence electrons. The van der Waals surface area contributed by atoms with Crippen LogP contribution in [0.2, 0.25) is 13.1 Å². The van der Waals surface area contributed by atoms with Gasteiger partial charge in [0.05, 0.1) is 0 Å². The minimum atomic E-state index is -1.16. The summed E-state index contributed by atoms with van der Waals surface area (Å²) in [4.78, 5) is 0. The molecule has 3 aliphatic rings. The average Bonchev–Trinajstić information content (AvgIpc) is 2.82. The smallest absolute Gasteiger partial charge is 1.00 e. The fourth-order valence-corrected chi connectivity index (χ4v) is 11.8. The van der Waals surface area contributed by atoms with Crippen molar-refractivity contribution >= 4 is 18.8 Å². The summed E-state index contributed by atoms with van der Waals surface area (Å²) < 4.78 is 0.732. The van der Waals surface area contributed by atoms with Crippen LogP contribution in [0, 0.1) is 0 Å². The first kappa shape index (κ1) is 19.4. The van der Waals surface area contributed by atoms with Crippen molar-refractivity contribution in [3.05, 3.63) is 57.8 Å². The number of halogens is 2. The Morgan fingerprint density at radius 1 is 1.26 bits per heavy atom. The Balaban J connectivity index is 0.000000960. The van der Waals surface area contributed by atoms with Crippen LogP contribution in [0.5, 0.6) is 0 Å². The molecule has 1 aromatic carbocycles. The summed E-state index contributed by atoms with van der Waals surface area (Å²) in [6, 6.07) is 6.88. The normalized spacial score (nSPS) is 22.6. The molecule has 4 rings (SSSR count). The molecule has 1 atom stereocenters. The SMILES string of the molecule is C[Si]1(C)C2=C1[CH]([Zr+2])c1cccc(C3=CC(CCO)=CC3)c12.[Cl-].[Cl-]. The van der Waals surface area contributed by atoms with Gasteiger partial charge in [-0.3, -0.25) is 0 Å². The summed E-state index contributed by atoms with van der Waals surface area (Å²) in [6.45, 7) is 5.26. The van der Waals surface area contributed by atoms with Crippen LogP contribution in [0.1, 0.15) is 33.2 Å². The maximum Gasteiger partial charge on any atom is -1.00 e. The van der Waals surface area contributed by atoms with E-state index in [1.54, 1.807) is 41.0 Å². The Morgan fingerprint density at radius 2 is 2.00 bits per heavy atom. The standard InChI is InChI=1S/C18H19OSi.2ClH.Zr/c1-20(2)16-11-14-4-3-5-15(17(14)18(16)20)13-7-6-12(10-13)8-9-19;;;/h3-6,10-11,19H,7-9H2,1-2H3;2*1H;/q;;;+2/p-2. The fourth-order valence-electron chi connectivity index (χ4n) is 4.04. The van der Waals surface area contributed by atoms with E-state index >= 15 is 0 Å². The monoisotopic (exact) mass is 439 g/mol. The minimum absolute atomic E-state index is 0. The molecular weight excluding hydrogens is 422 g/mol. The second kappa shape index (κ2) is 6.77. The van der Waals surface area contributed by atoms with E-state index in [0.29, 0.717) is 0 Å². The third kappa shape index (κ3) is 2.83. The first-order valence-corrected chi connectivity index (χ1v) is 12.1. The Labute approximate surface area is 166 Å². The van der Waals surface area contributed by atoms with Crippen molar-refractivity contribution in [2.24, 2.45) is 0 Å². The molecule has 0 spiro atoms. The summed E-state index contributed by atoms with van der Waals surface area (Å²) in [5, 5.41) is 12.7. The molecule has 1 N–H and O–H groups in total. The molecule has 0 aromatic heterocycles. The molecule has 2 aliphatic carbocycles. The van der Waals surface area contributed by atoms with Crippen molar-refractivity contribution in [1.29, 1.82) is 0 Å². The molecule has 0 saturated heterocycles. The van der Waals surface area contributed by atoms with E-state index in [2.05, 4.69) is 43.4 Å². The summed E-state index contributed by atoms with van der Waals surface area (Å²) in [7, 11) is -1.16. The molecule has 1 aromatic rings. The summed E-state index contributed by atoms with van der Waals surface area (Å²) in [5.74, 6) is 0. The largest absolute Gasteiger partial charge is 1.00 e. The van der Waals surface area contributed by atoms with E-state index in [9.17, 15) is 0 Å². The topological polar surface area (TPSA) is 20.2 Å². The van der Waals surface area contributed by atoms with Crippen molar-refractivity contribution in [2.45, 2.75) is 29.6 Å². The molecule has 5 heteroatoms. The number of aliphatic hydroxyl groups excluding tert-OH is 1. The maximum atomic E-state index is 9.12. The Morgan fingerprint density at radius 3 is 2.70 bits per heavy atom. The molecule has 1 aliphatic heterocycles. The van der Waals surface area contributed by atoms with Gasteiger partial charge in [0.25, 0.3) is 0 Å². The van der Waals surface area contributed by atoms with Gasteiger partial charge in [0.2, 0.25) is 0 Å². The van der Waals surface area contributed by atoms with E-state index in [4.69, 9.17) is 5.11 Å². The fraction of sp³-hybridized carbons (Fsp3) is 0.333. The van der Waals surface area contributed by atoms with E-state index in [0.717, 1.165) is 16.5 Å². The van der Waals surface area contributed by atoms with Crippen LogP contribution >= 0.6 is 0 Å². The Bertz CT molecular complexity index is 749. The molecule has 1 heterocycles.